The number of benzene rings is 8. The molecule has 0 spiro atoms. The lowest BCUT2D eigenvalue weighted by Crippen LogP contribution is -2.48. The number of aliphatic hydroxyl groups is 1. The molecule has 0 fully saturated rings. The highest BCUT2D eigenvalue weighted by atomic mass is 32.3. The number of alkyl halides is 3. The summed E-state index contributed by atoms with van der Waals surface area (Å²) < 4.78 is 107. The molecule has 15 rings (SSSR count). The molecule has 0 saturated carbocycles. The molecule has 0 saturated heterocycles. The Hall–Kier alpha value is -9.55. The van der Waals surface area contributed by atoms with Gasteiger partial charge in [0, 0.05) is 55.1 Å². The first-order valence-corrected chi connectivity index (χ1v) is 35.7. The number of carbonyl (C=O) groups excluding carboxylic acids is 1. The van der Waals surface area contributed by atoms with E-state index in [2.05, 4.69) is 160 Å². The van der Waals surface area contributed by atoms with Crippen LogP contribution in [-0.4, -0.2) is 162 Å². The molecule has 1 heterocycles. The van der Waals surface area contributed by atoms with Gasteiger partial charge in [-0.05, 0) is 107 Å². The van der Waals surface area contributed by atoms with Gasteiger partial charge in [0.1, 0.15) is 43.8 Å². The standard InChI is InChI=1S/C23H17FO2.C21H14O2.2C10H16N.C7H10N2.C7H14N2.C2H4F2O4S.FHO3S/c24-13-14-26-22(25)23-18-10-4-1-7-15(18)21(16-8-2-5-11-19(16)23)17-9-3-6-12-20(17)23;22-20(23)21-16-10-4-1-7-13(16)19(14-8-2-5-11-17(14)21)15-9-3-6-12-18(15)21;2*1-11(2,3)9-10-7-5-4-6-8-10;1-9(2)7-3-5-8-6-4-7;1-6(2)8-5-9-7(3)4;3-2(4,1-5)9(6,7)8;1-5(2,3)4/h1-12,21H,13-14H2;1-12,19H,(H,22,23);2*4-8H,9H2,1-3H3;3-6H,1-2H3;6-7H,1-4H3;5H,1H2,(H,6,7,8);(H,2,3,4)/q;;2*+1;;;;/p-2. The van der Waals surface area contributed by atoms with Crippen molar-refractivity contribution in [3.8, 4) is 0 Å². The van der Waals surface area contributed by atoms with E-state index >= 15 is 0 Å². The summed E-state index contributed by atoms with van der Waals surface area (Å²) in [7, 11) is 6.12. The van der Waals surface area contributed by atoms with Gasteiger partial charge < -0.3 is 37.9 Å². The molecule has 546 valence electrons. The van der Waals surface area contributed by atoms with Gasteiger partial charge in [-0.2, -0.15) is 8.78 Å². The maximum absolute atomic E-state index is 13.4. The van der Waals surface area contributed by atoms with Crippen LogP contribution in [0.4, 0.5) is 22.7 Å². The Morgan fingerprint density at radius 3 is 1.05 bits per heavy atom. The predicted molar refractivity (Wildman–Crippen MR) is 392 cm³/mol. The molecule has 23 heteroatoms. The normalized spacial score (nSPS) is 16.4. The summed E-state index contributed by atoms with van der Waals surface area (Å²) in [5.74, 6) is -0.974. The Kier molecular flexibility index (Phi) is 28.8. The van der Waals surface area contributed by atoms with Crippen LogP contribution in [0.1, 0.15) is 117 Å². The van der Waals surface area contributed by atoms with Gasteiger partial charge in [-0.25, -0.2) is 31.2 Å². The van der Waals surface area contributed by atoms with Crippen LogP contribution in [0, 0.1) is 0 Å². The molecule has 0 radical (unpaired) electrons. The number of rotatable bonds is 13. The summed E-state index contributed by atoms with van der Waals surface area (Å²) in [4.78, 5) is 39.9. The van der Waals surface area contributed by atoms with Crippen LogP contribution in [0.2, 0.25) is 0 Å². The number of hydrogen-bond donors (Lipinski definition) is 2. The topological polar surface area (TPSA) is 239 Å². The highest BCUT2D eigenvalue weighted by Gasteiger charge is 2.58. The summed E-state index contributed by atoms with van der Waals surface area (Å²) in [6, 6.07) is 76.5. The quantitative estimate of drug-likeness (QED) is 0.0273. The van der Waals surface area contributed by atoms with E-state index in [0.717, 1.165) is 88.8 Å². The molecule has 8 aromatic carbocycles. The number of anilines is 1. The lowest BCUT2D eigenvalue weighted by molar-refractivity contribution is -0.884. The molecule has 0 aliphatic heterocycles. The van der Waals surface area contributed by atoms with Crippen LogP contribution in [0.5, 0.6) is 0 Å². The molecule has 103 heavy (non-hydrogen) atoms. The molecular formula is C80H90F4N6O11S2. The number of esters is 1. The van der Waals surface area contributed by atoms with E-state index in [0.29, 0.717) is 12.1 Å². The highest BCUT2D eigenvalue weighted by Crippen LogP contribution is 2.61. The van der Waals surface area contributed by atoms with Crippen molar-refractivity contribution in [2.24, 2.45) is 9.98 Å². The van der Waals surface area contributed by atoms with E-state index in [4.69, 9.17) is 22.8 Å². The Morgan fingerprint density at radius 2 is 0.825 bits per heavy atom. The van der Waals surface area contributed by atoms with Gasteiger partial charge in [0.25, 0.3) is 10.5 Å². The van der Waals surface area contributed by atoms with Crippen LogP contribution in [0.15, 0.2) is 241 Å². The maximum atomic E-state index is 13.4. The van der Waals surface area contributed by atoms with Crippen molar-refractivity contribution in [2.45, 2.75) is 80.8 Å². The van der Waals surface area contributed by atoms with Gasteiger partial charge in [0.15, 0.2) is 10.1 Å². The van der Waals surface area contributed by atoms with Crippen molar-refractivity contribution >= 4 is 44.3 Å². The van der Waals surface area contributed by atoms with Crippen molar-refractivity contribution in [3.05, 3.63) is 309 Å². The van der Waals surface area contributed by atoms with E-state index < -0.39 is 61.9 Å². The van der Waals surface area contributed by atoms with Crippen LogP contribution in [0.3, 0.4) is 0 Å². The lowest BCUT2D eigenvalue weighted by Gasteiger charge is -2.48. The Bertz CT molecular complexity index is 4270. The van der Waals surface area contributed by atoms with Crippen molar-refractivity contribution in [1.82, 2.24) is 4.98 Å². The average molecular weight is 1450 g/mol. The molecular weight excluding hydrogens is 1360 g/mol. The molecule has 1 aromatic heterocycles. The fourth-order valence-corrected chi connectivity index (χ4v) is 12.7. The minimum absolute atomic E-state index is 0.106. The fraction of sp³-hybridized carbons (Fsp3) is 0.300. The van der Waals surface area contributed by atoms with Crippen LogP contribution < -0.4 is 4.90 Å². The van der Waals surface area contributed by atoms with E-state index in [1.165, 1.54) is 16.8 Å². The largest absolute Gasteiger partial charge is 0.743 e. The molecule has 9 aromatic rings. The van der Waals surface area contributed by atoms with Gasteiger partial charge in [-0.15, -0.1) is 3.89 Å². The van der Waals surface area contributed by atoms with E-state index in [1.54, 1.807) is 12.4 Å². The molecule has 0 atom stereocenters. The van der Waals surface area contributed by atoms with Crippen LogP contribution in [0.25, 0.3) is 0 Å². The number of aliphatic hydroxyl groups excluding tert-OH is 1. The number of hydrogen-bond acceptors (Lipinski definition) is 14. The number of carboxylic acids is 1. The Balaban J connectivity index is 0.000000196. The van der Waals surface area contributed by atoms with E-state index in [1.807, 2.05) is 168 Å². The number of aliphatic imine (C=N–C) groups is 2. The van der Waals surface area contributed by atoms with Crippen LogP contribution >= 0.6 is 0 Å². The van der Waals surface area contributed by atoms with Crippen LogP contribution in [-0.2, 0) is 58.9 Å². The number of pyridine rings is 1. The molecule has 6 aliphatic carbocycles. The second kappa shape index (κ2) is 36.0. The van der Waals surface area contributed by atoms with Crippen molar-refractivity contribution in [1.29, 1.82) is 0 Å². The number of carbonyl (C=O) groups is 2. The highest BCUT2D eigenvalue weighted by molar-refractivity contribution is 7.86. The number of nitrogens with zero attached hydrogens (tertiary/aromatic N) is 6. The number of carboxylic acid groups (broad SMARTS) is 1. The Labute approximate surface area is 603 Å². The third-order valence-electron chi connectivity index (χ3n) is 16.4. The molecule has 0 amide bonds. The predicted octanol–water partition coefficient (Wildman–Crippen LogP) is 13.7. The zero-order chi connectivity index (χ0) is 76.1. The average Bonchev–Trinajstić information content (AvgIpc) is 0.684. The van der Waals surface area contributed by atoms with Gasteiger partial charge in [-0.1, -0.05) is 206 Å². The molecule has 2 N–H and O–H groups in total. The SMILES string of the molecule is CC(C)N=C=NC(C)C.CN(C)c1ccncc1.C[N+](C)(C)Cc1ccccc1.C[N+](C)(C)Cc1ccccc1.O=C(O)C12c3ccccc3C(c3ccccc31)c1ccccc12.O=C(OCCF)C12c3ccccc3C(c3ccccc31)c1ccccc12.O=S(=O)([O-])C(F)(F)CO.O=S(=O)([O-])F. The molecule has 17 nitrogen and oxygen atoms in total. The fourth-order valence-electron chi connectivity index (χ4n) is 12.6. The summed E-state index contributed by atoms with van der Waals surface area (Å²) in [6.45, 7) is 7.32. The molecule has 6 aliphatic rings. The first kappa shape index (κ1) is 82.4. The van der Waals surface area contributed by atoms with Gasteiger partial charge in [-0.3, -0.25) is 14.6 Å². The zero-order valence-electron chi connectivity index (χ0n) is 59.9. The third-order valence-corrected chi connectivity index (χ3v) is 17.2. The molecule has 4 bridgehead atoms. The number of aliphatic carboxylic acids is 1. The number of quaternary nitrogens is 2. The van der Waals surface area contributed by atoms with Gasteiger partial charge in [0.05, 0.1) is 60.4 Å². The lowest BCUT2D eigenvalue weighted by atomic mass is 9.53. The minimum atomic E-state index is -5.69. The van der Waals surface area contributed by atoms with Gasteiger partial charge >= 0.3 is 17.2 Å². The monoisotopic (exact) mass is 1450 g/mol. The number of aromatic nitrogens is 1. The second-order valence-corrected chi connectivity index (χ2v) is 29.5. The Morgan fingerprint density at radius 1 is 0.544 bits per heavy atom. The third kappa shape index (κ3) is 21.3. The number of halogens is 4. The van der Waals surface area contributed by atoms with E-state index in [9.17, 15) is 44.7 Å². The molecule has 0 unspecified atom stereocenters. The summed E-state index contributed by atoms with van der Waals surface area (Å²) in [5.41, 5.74) is 14.2. The van der Waals surface area contributed by atoms with Crippen molar-refractivity contribution in [3.63, 3.8) is 0 Å². The summed E-state index contributed by atoms with van der Waals surface area (Å²) >= 11 is 0. The number of ether oxygens (including phenoxy) is 1. The van der Waals surface area contributed by atoms with E-state index in [-0.39, 0.29) is 18.4 Å². The summed E-state index contributed by atoms with van der Waals surface area (Å²) in [5, 5.41) is 13.4. The minimum Gasteiger partial charge on any atom is -0.743 e. The first-order chi connectivity index (χ1) is 48.5. The first-order valence-electron chi connectivity index (χ1n) is 33.0. The summed E-state index contributed by atoms with van der Waals surface area (Å²) in [6.07, 6.45) is 3.57. The zero-order valence-corrected chi connectivity index (χ0v) is 61.5. The van der Waals surface area contributed by atoms with Crippen molar-refractivity contribution in [2.75, 3.05) is 81.2 Å². The second-order valence-electron chi connectivity index (χ2n) is 27.2. The smallest absolute Gasteiger partial charge is 0.356 e. The van der Waals surface area contributed by atoms with Gasteiger partial charge in [0.2, 0.25) is 0 Å². The van der Waals surface area contributed by atoms with Crippen molar-refractivity contribution < 1.29 is 76.5 Å². The maximum Gasteiger partial charge on any atom is 0.356 e.